The van der Waals surface area contributed by atoms with E-state index in [0.29, 0.717) is 11.1 Å². The number of nitrogens with one attached hydrogen (secondary N) is 1. The summed E-state index contributed by atoms with van der Waals surface area (Å²) in [6, 6.07) is 13.0. The molecule has 0 aliphatic rings. The average molecular weight is 395 g/mol. The third-order valence-corrected chi connectivity index (χ3v) is 4.28. The molecule has 0 aromatic heterocycles. The summed E-state index contributed by atoms with van der Waals surface area (Å²) in [6.45, 7) is 5.34. The number of carbonyl (C=O) groups is 2. The van der Waals surface area contributed by atoms with Gasteiger partial charge in [-0.2, -0.15) is 0 Å². The van der Waals surface area contributed by atoms with E-state index in [1.165, 1.54) is 21.1 Å². The molecule has 0 atom stereocenters. The summed E-state index contributed by atoms with van der Waals surface area (Å²) < 4.78 is 0. The van der Waals surface area contributed by atoms with E-state index in [2.05, 4.69) is 15.6 Å². The maximum Gasteiger partial charge on any atom is 0.273 e. The van der Waals surface area contributed by atoms with Crippen molar-refractivity contribution in [2.75, 3.05) is 14.2 Å². The Bertz CT molecular complexity index is 964. The van der Waals surface area contributed by atoms with Crippen LogP contribution in [0, 0.1) is 13.8 Å². The van der Waals surface area contributed by atoms with Crippen LogP contribution in [0.4, 0.5) is 0 Å². The van der Waals surface area contributed by atoms with E-state index >= 15 is 0 Å². The molecule has 0 heterocycles. The number of rotatable bonds is 8. The summed E-state index contributed by atoms with van der Waals surface area (Å²) in [5.41, 5.74) is 4.26. The molecule has 0 unspecified atom stereocenters. The molecule has 29 heavy (non-hydrogen) atoms. The number of benzene rings is 2. The zero-order chi connectivity index (χ0) is 21.4. The standard InChI is InChI=1S/C22H25N3O4/c1-14-8-6-10-17(12-14)20(16(3)26)25-29-13-19-15(2)9-7-11-18(19)21(24-28-5)22(27)23-4/h6-12H,13H2,1-5H3,(H,23,27)/b24-21+,25-20+. The molecule has 2 aromatic carbocycles. The lowest BCUT2D eigenvalue weighted by molar-refractivity contribution is -0.114. The van der Waals surface area contributed by atoms with Gasteiger partial charge < -0.3 is 15.0 Å². The number of carbonyl (C=O) groups excluding carboxylic acids is 2. The van der Waals surface area contributed by atoms with Crippen LogP contribution in [0.2, 0.25) is 0 Å². The number of Topliss-reactive ketones (excluding diaryl/α,β-unsaturated/α-hetero) is 1. The van der Waals surface area contributed by atoms with Crippen molar-refractivity contribution in [2.24, 2.45) is 10.3 Å². The average Bonchev–Trinajstić information content (AvgIpc) is 2.69. The van der Waals surface area contributed by atoms with Gasteiger partial charge in [0.25, 0.3) is 5.91 Å². The van der Waals surface area contributed by atoms with E-state index in [1.807, 2.05) is 50.2 Å². The third-order valence-electron chi connectivity index (χ3n) is 4.28. The molecule has 1 N–H and O–H groups in total. The van der Waals surface area contributed by atoms with Crippen LogP contribution in [0.5, 0.6) is 0 Å². The van der Waals surface area contributed by atoms with Crippen molar-refractivity contribution in [3.05, 3.63) is 70.3 Å². The van der Waals surface area contributed by atoms with E-state index in [1.54, 1.807) is 6.07 Å². The van der Waals surface area contributed by atoms with Crippen molar-refractivity contribution >= 4 is 23.1 Å². The maximum atomic E-state index is 12.2. The van der Waals surface area contributed by atoms with Crippen LogP contribution in [-0.2, 0) is 25.9 Å². The SMILES string of the molecule is CNC(=O)/C(=N/OC)c1cccc(C)c1CO/N=C(\C(C)=O)c1cccc(C)c1. The Morgan fingerprint density at radius 2 is 1.76 bits per heavy atom. The molecular formula is C22H25N3O4. The highest BCUT2D eigenvalue weighted by Crippen LogP contribution is 2.18. The number of hydrogen-bond donors (Lipinski definition) is 1. The Kier molecular flexibility index (Phi) is 7.65. The first kappa shape index (κ1) is 21.8. The Morgan fingerprint density at radius 3 is 2.38 bits per heavy atom. The topological polar surface area (TPSA) is 89.3 Å². The minimum absolute atomic E-state index is 0.0599. The van der Waals surface area contributed by atoms with Gasteiger partial charge in [-0.25, -0.2) is 0 Å². The summed E-state index contributed by atoms with van der Waals surface area (Å²) >= 11 is 0. The summed E-state index contributed by atoms with van der Waals surface area (Å²) in [7, 11) is 2.89. The fraction of sp³-hybridized carbons (Fsp3) is 0.273. The van der Waals surface area contributed by atoms with Crippen LogP contribution in [0.15, 0.2) is 52.8 Å². The molecule has 0 aliphatic carbocycles. The van der Waals surface area contributed by atoms with Gasteiger partial charge in [0.1, 0.15) is 13.7 Å². The molecule has 0 saturated heterocycles. The number of likely N-dealkylation sites (N-methyl/N-ethyl adjacent to an activating group) is 1. The van der Waals surface area contributed by atoms with Crippen molar-refractivity contribution in [1.29, 1.82) is 0 Å². The summed E-state index contributed by atoms with van der Waals surface area (Å²) in [5, 5.41) is 10.5. The van der Waals surface area contributed by atoms with E-state index in [9.17, 15) is 9.59 Å². The zero-order valence-electron chi connectivity index (χ0n) is 17.3. The molecule has 0 aliphatic heterocycles. The summed E-state index contributed by atoms with van der Waals surface area (Å²) in [4.78, 5) is 34.6. The second-order valence-electron chi connectivity index (χ2n) is 6.44. The fourth-order valence-corrected chi connectivity index (χ4v) is 2.81. The first-order chi connectivity index (χ1) is 13.9. The Balaban J connectivity index is 2.37. The monoisotopic (exact) mass is 395 g/mol. The first-order valence-corrected chi connectivity index (χ1v) is 9.09. The molecular weight excluding hydrogens is 370 g/mol. The van der Waals surface area contributed by atoms with Gasteiger partial charge in [0.05, 0.1) is 0 Å². The Morgan fingerprint density at radius 1 is 1.03 bits per heavy atom. The number of ketones is 1. The fourth-order valence-electron chi connectivity index (χ4n) is 2.81. The van der Waals surface area contributed by atoms with Gasteiger partial charge in [-0.15, -0.1) is 0 Å². The maximum absolute atomic E-state index is 12.2. The Labute approximate surface area is 170 Å². The lowest BCUT2D eigenvalue weighted by Gasteiger charge is -2.13. The van der Waals surface area contributed by atoms with E-state index in [4.69, 9.17) is 9.68 Å². The van der Waals surface area contributed by atoms with Crippen LogP contribution in [0.3, 0.4) is 0 Å². The minimum atomic E-state index is -0.383. The molecule has 152 valence electrons. The second-order valence-corrected chi connectivity index (χ2v) is 6.44. The zero-order valence-corrected chi connectivity index (χ0v) is 17.3. The number of oxime groups is 2. The predicted octanol–water partition coefficient (Wildman–Crippen LogP) is 2.91. The van der Waals surface area contributed by atoms with Gasteiger partial charge in [-0.3, -0.25) is 9.59 Å². The van der Waals surface area contributed by atoms with Gasteiger partial charge >= 0.3 is 0 Å². The summed E-state index contributed by atoms with van der Waals surface area (Å²) in [5.74, 6) is -0.584. The lowest BCUT2D eigenvalue weighted by Crippen LogP contribution is -2.29. The molecule has 2 aromatic rings. The normalized spacial score (nSPS) is 11.8. The van der Waals surface area contributed by atoms with Crippen molar-refractivity contribution in [3.63, 3.8) is 0 Å². The third kappa shape index (κ3) is 5.51. The minimum Gasteiger partial charge on any atom is -0.398 e. The highest BCUT2D eigenvalue weighted by Gasteiger charge is 2.19. The van der Waals surface area contributed by atoms with Gasteiger partial charge in [-0.1, -0.05) is 52.3 Å². The molecule has 7 heteroatoms. The van der Waals surface area contributed by atoms with Gasteiger partial charge in [-0.05, 0) is 25.5 Å². The molecule has 1 amide bonds. The molecule has 7 nitrogen and oxygen atoms in total. The molecule has 2 rings (SSSR count). The molecule has 0 saturated carbocycles. The van der Waals surface area contributed by atoms with Crippen LogP contribution in [0.25, 0.3) is 0 Å². The molecule has 0 fully saturated rings. The number of amides is 1. The summed E-state index contributed by atoms with van der Waals surface area (Å²) in [6.07, 6.45) is 0. The predicted molar refractivity (Wildman–Crippen MR) is 112 cm³/mol. The molecule has 0 bridgehead atoms. The lowest BCUT2D eigenvalue weighted by atomic mass is 9.98. The highest BCUT2D eigenvalue weighted by molar-refractivity contribution is 6.46. The van der Waals surface area contributed by atoms with Crippen molar-refractivity contribution < 1.29 is 19.3 Å². The van der Waals surface area contributed by atoms with Crippen LogP contribution in [0.1, 0.15) is 34.7 Å². The quantitative estimate of drug-likeness (QED) is 0.550. The molecule has 0 radical (unpaired) electrons. The van der Waals surface area contributed by atoms with E-state index in [-0.39, 0.29) is 29.7 Å². The smallest absolute Gasteiger partial charge is 0.273 e. The number of nitrogens with zero attached hydrogens (tertiary/aromatic N) is 2. The van der Waals surface area contributed by atoms with Crippen LogP contribution in [-0.4, -0.2) is 37.3 Å². The Hall–Kier alpha value is -3.48. The van der Waals surface area contributed by atoms with Crippen LogP contribution >= 0.6 is 0 Å². The van der Waals surface area contributed by atoms with Gasteiger partial charge in [0, 0.05) is 30.7 Å². The van der Waals surface area contributed by atoms with Crippen molar-refractivity contribution in [3.8, 4) is 0 Å². The number of hydrogen-bond acceptors (Lipinski definition) is 6. The first-order valence-electron chi connectivity index (χ1n) is 9.09. The van der Waals surface area contributed by atoms with E-state index in [0.717, 1.165) is 16.7 Å². The highest BCUT2D eigenvalue weighted by atomic mass is 16.6. The number of aryl methyl sites for hydroxylation is 2. The second kappa shape index (κ2) is 10.2. The molecule has 0 spiro atoms. The van der Waals surface area contributed by atoms with Gasteiger partial charge in [0.15, 0.2) is 17.2 Å². The largest absolute Gasteiger partial charge is 0.398 e. The van der Waals surface area contributed by atoms with Gasteiger partial charge in [0.2, 0.25) is 0 Å². The van der Waals surface area contributed by atoms with E-state index < -0.39 is 0 Å². The van der Waals surface area contributed by atoms with Crippen molar-refractivity contribution in [2.45, 2.75) is 27.4 Å². The van der Waals surface area contributed by atoms with Crippen molar-refractivity contribution in [1.82, 2.24) is 5.32 Å². The van der Waals surface area contributed by atoms with Crippen LogP contribution < -0.4 is 5.32 Å².